The summed E-state index contributed by atoms with van der Waals surface area (Å²) in [4.78, 5) is 12.7. The molecule has 0 aliphatic carbocycles. The summed E-state index contributed by atoms with van der Waals surface area (Å²) in [5.41, 5.74) is 0. The van der Waals surface area contributed by atoms with Gasteiger partial charge in [-0.05, 0) is 0 Å². The van der Waals surface area contributed by atoms with Crippen molar-refractivity contribution in [2.75, 3.05) is 20.2 Å². The summed E-state index contributed by atoms with van der Waals surface area (Å²) < 4.78 is 4.74. The number of nitrogens with one attached hydrogen (secondary N) is 1. The average Bonchev–Trinajstić information content (AvgIpc) is 2.61. The fraction of sp³-hybridized carbons (Fsp3) is 0.889. The monoisotopic (exact) mass is 186 g/mol. The molecule has 2 heterocycles. The molecule has 2 N–H and O–H groups in total. The van der Waals surface area contributed by atoms with E-state index in [1.54, 1.807) is 0 Å². The molecule has 2 aliphatic heterocycles. The minimum absolute atomic E-state index is 0.0251. The first-order valence-electron chi connectivity index (χ1n) is 4.83. The Morgan fingerprint density at radius 1 is 1.62 bits per heavy atom. The quantitative estimate of drug-likeness (QED) is 0.475. The zero-order valence-electron chi connectivity index (χ0n) is 7.82. The lowest BCUT2D eigenvalue weighted by atomic mass is 9.98. The molecule has 0 aromatic rings. The molecule has 0 spiro atoms. The van der Waals surface area contributed by atoms with Crippen molar-refractivity contribution in [1.82, 2.24) is 0 Å². The molecular formula is C9H16NO3+. The lowest BCUT2D eigenvalue weighted by molar-refractivity contribution is -0.901. The highest BCUT2D eigenvalue weighted by Crippen LogP contribution is 2.20. The van der Waals surface area contributed by atoms with E-state index in [-0.39, 0.29) is 18.0 Å². The number of methoxy groups -OCH3 is 1. The SMILES string of the molecule is COC(=O)[C@@H]1CC[NH+]2C[C@H](O)C[C@H]12. The first kappa shape index (κ1) is 8.97. The fourth-order valence-electron chi connectivity index (χ4n) is 2.71. The molecule has 4 heteroatoms. The smallest absolute Gasteiger partial charge is 0.314 e. The number of hydrogen-bond donors (Lipinski definition) is 2. The number of fused-ring (bicyclic) bond motifs is 1. The minimum atomic E-state index is -0.215. The third-order valence-electron chi connectivity index (χ3n) is 3.31. The molecule has 0 aromatic heterocycles. The van der Waals surface area contributed by atoms with Crippen LogP contribution in [-0.2, 0) is 9.53 Å². The van der Waals surface area contributed by atoms with Crippen LogP contribution in [0.1, 0.15) is 12.8 Å². The second-order valence-electron chi connectivity index (χ2n) is 4.03. The number of hydrogen-bond acceptors (Lipinski definition) is 3. The van der Waals surface area contributed by atoms with Crippen LogP contribution in [0, 0.1) is 5.92 Å². The molecule has 2 rings (SSSR count). The van der Waals surface area contributed by atoms with E-state index in [1.165, 1.54) is 12.0 Å². The van der Waals surface area contributed by atoms with E-state index in [1.807, 2.05) is 0 Å². The van der Waals surface area contributed by atoms with Gasteiger partial charge in [0.05, 0.1) is 13.7 Å². The maximum Gasteiger partial charge on any atom is 0.314 e. The van der Waals surface area contributed by atoms with Crippen LogP contribution in [0.25, 0.3) is 0 Å². The number of quaternary nitrogens is 1. The standard InChI is InChI=1S/C9H15NO3/c1-13-9(12)7-2-3-10-5-6(11)4-8(7)10/h6-8,11H,2-5H2,1H3/p+1/t6-,7-,8-/m1/s1. The van der Waals surface area contributed by atoms with Crippen LogP contribution in [0.3, 0.4) is 0 Å². The fourth-order valence-corrected chi connectivity index (χ4v) is 2.71. The van der Waals surface area contributed by atoms with Crippen molar-refractivity contribution in [3.8, 4) is 0 Å². The molecule has 0 saturated carbocycles. The summed E-state index contributed by atoms with van der Waals surface area (Å²) in [6, 6.07) is 0.308. The average molecular weight is 186 g/mol. The molecule has 0 radical (unpaired) electrons. The topological polar surface area (TPSA) is 51.0 Å². The highest BCUT2D eigenvalue weighted by molar-refractivity contribution is 5.73. The van der Waals surface area contributed by atoms with Crippen LogP contribution in [0.15, 0.2) is 0 Å². The molecule has 13 heavy (non-hydrogen) atoms. The molecule has 2 fully saturated rings. The zero-order valence-corrected chi connectivity index (χ0v) is 7.82. The van der Waals surface area contributed by atoms with Gasteiger partial charge in [0, 0.05) is 12.8 Å². The van der Waals surface area contributed by atoms with Crippen molar-refractivity contribution >= 4 is 5.97 Å². The van der Waals surface area contributed by atoms with Gasteiger partial charge in [-0.15, -0.1) is 0 Å². The Labute approximate surface area is 77.5 Å². The van der Waals surface area contributed by atoms with E-state index in [0.717, 1.165) is 25.9 Å². The Morgan fingerprint density at radius 3 is 3.08 bits per heavy atom. The summed E-state index contributed by atoms with van der Waals surface area (Å²) >= 11 is 0. The van der Waals surface area contributed by atoms with E-state index >= 15 is 0 Å². The first-order valence-corrected chi connectivity index (χ1v) is 4.83. The number of aliphatic hydroxyl groups is 1. The predicted octanol–water partition coefficient (Wildman–Crippen LogP) is -1.80. The third kappa shape index (κ3) is 1.44. The van der Waals surface area contributed by atoms with Crippen molar-refractivity contribution in [2.24, 2.45) is 5.92 Å². The highest BCUT2D eigenvalue weighted by Gasteiger charge is 2.48. The molecule has 74 valence electrons. The summed E-state index contributed by atoms with van der Waals surface area (Å²) in [5.74, 6) is -0.0775. The predicted molar refractivity (Wildman–Crippen MR) is 45.2 cm³/mol. The van der Waals surface area contributed by atoms with Gasteiger partial charge in [-0.2, -0.15) is 0 Å². The van der Waals surface area contributed by atoms with E-state index in [2.05, 4.69) is 0 Å². The van der Waals surface area contributed by atoms with Crippen LogP contribution in [-0.4, -0.2) is 43.4 Å². The van der Waals surface area contributed by atoms with Gasteiger partial charge in [-0.3, -0.25) is 4.79 Å². The van der Waals surface area contributed by atoms with Crippen LogP contribution in [0.5, 0.6) is 0 Å². The van der Waals surface area contributed by atoms with Gasteiger partial charge < -0.3 is 14.7 Å². The first-order chi connectivity index (χ1) is 6.22. The second kappa shape index (κ2) is 3.27. The van der Waals surface area contributed by atoms with E-state index in [4.69, 9.17) is 4.74 Å². The van der Waals surface area contributed by atoms with Gasteiger partial charge in [-0.25, -0.2) is 0 Å². The van der Waals surface area contributed by atoms with Crippen molar-refractivity contribution in [3.63, 3.8) is 0 Å². The number of carbonyl (C=O) groups excluding carboxylic acids is 1. The Morgan fingerprint density at radius 2 is 2.38 bits per heavy atom. The van der Waals surface area contributed by atoms with Crippen molar-refractivity contribution in [3.05, 3.63) is 0 Å². The maximum atomic E-state index is 11.3. The lowest BCUT2D eigenvalue weighted by Gasteiger charge is -2.14. The summed E-state index contributed by atoms with van der Waals surface area (Å²) in [5, 5.41) is 9.43. The van der Waals surface area contributed by atoms with Gasteiger partial charge in [0.2, 0.25) is 0 Å². The molecule has 0 bridgehead atoms. The van der Waals surface area contributed by atoms with Gasteiger partial charge in [0.25, 0.3) is 0 Å². The van der Waals surface area contributed by atoms with Gasteiger partial charge in [0.1, 0.15) is 24.6 Å². The number of rotatable bonds is 1. The van der Waals surface area contributed by atoms with E-state index < -0.39 is 0 Å². The lowest BCUT2D eigenvalue weighted by Crippen LogP contribution is -3.12. The number of esters is 1. The molecule has 4 nitrogen and oxygen atoms in total. The molecule has 4 atom stereocenters. The maximum absolute atomic E-state index is 11.3. The Bertz CT molecular complexity index is 219. The largest absolute Gasteiger partial charge is 0.469 e. The Balaban J connectivity index is 2.04. The summed E-state index contributed by atoms with van der Waals surface area (Å²) in [6.45, 7) is 1.81. The van der Waals surface area contributed by atoms with Crippen molar-refractivity contribution in [1.29, 1.82) is 0 Å². The Kier molecular flexibility index (Phi) is 2.26. The van der Waals surface area contributed by atoms with Crippen molar-refractivity contribution in [2.45, 2.75) is 25.0 Å². The number of carbonyl (C=O) groups is 1. The van der Waals surface area contributed by atoms with Gasteiger partial charge >= 0.3 is 5.97 Å². The van der Waals surface area contributed by atoms with E-state index in [0.29, 0.717) is 6.04 Å². The minimum Gasteiger partial charge on any atom is -0.469 e. The van der Waals surface area contributed by atoms with Crippen LogP contribution in [0.4, 0.5) is 0 Å². The highest BCUT2D eigenvalue weighted by atomic mass is 16.5. The third-order valence-corrected chi connectivity index (χ3v) is 3.31. The molecular weight excluding hydrogens is 170 g/mol. The van der Waals surface area contributed by atoms with Crippen LogP contribution in [0.2, 0.25) is 0 Å². The number of aliphatic hydroxyl groups excluding tert-OH is 1. The van der Waals surface area contributed by atoms with Gasteiger partial charge in [-0.1, -0.05) is 0 Å². The summed E-state index contributed by atoms with van der Waals surface area (Å²) in [7, 11) is 1.44. The van der Waals surface area contributed by atoms with Crippen LogP contribution < -0.4 is 4.90 Å². The molecule has 1 unspecified atom stereocenters. The van der Waals surface area contributed by atoms with Gasteiger partial charge in [0.15, 0.2) is 0 Å². The molecule has 0 amide bonds. The normalized spacial score (nSPS) is 43.2. The molecule has 2 aliphatic rings. The van der Waals surface area contributed by atoms with Crippen molar-refractivity contribution < 1.29 is 19.5 Å². The number of ether oxygens (including phenoxy) is 1. The summed E-state index contributed by atoms with van der Waals surface area (Å²) in [6.07, 6.45) is 1.46. The Hall–Kier alpha value is -0.610. The van der Waals surface area contributed by atoms with E-state index in [9.17, 15) is 9.90 Å². The van der Waals surface area contributed by atoms with Crippen LogP contribution >= 0.6 is 0 Å². The molecule has 0 aromatic carbocycles. The second-order valence-corrected chi connectivity index (χ2v) is 4.03. The molecule has 2 saturated heterocycles. The zero-order chi connectivity index (χ0) is 9.42.